The molecule has 0 amide bonds. The fourth-order valence-corrected chi connectivity index (χ4v) is 9.64. The third kappa shape index (κ3) is 2.73. The van der Waals surface area contributed by atoms with Gasteiger partial charge in [-0.3, -0.25) is 5.10 Å². The van der Waals surface area contributed by atoms with E-state index in [4.69, 9.17) is 16.3 Å². The Bertz CT molecular complexity index is 1230. The molecule has 1 aromatic carbocycles. The second-order valence-electron chi connectivity index (χ2n) is 12.5. The minimum absolute atomic E-state index is 0.0157. The van der Waals surface area contributed by atoms with Crippen LogP contribution in [0.2, 0.25) is 0 Å². The van der Waals surface area contributed by atoms with Crippen molar-refractivity contribution in [3.63, 3.8) is 0 Å². The average Bonchev–Trinajstić information content (AvgIpc) is 3.52. The van der Waals surface area contributed by atoms with Crippen LogP contribution in [0.1, 0.15) is 57.4 Å². The Morgan fingerprint density at radius 3 is 2.74 bits per heavy atom. The number of fused-ring (bicyclic) bond motifs is 2. The predicted molar refractivity (Wildman–Crippen MR) is 136 cm³/mol. The van der Waals surface area contributed by atoms with Crippen LogP contribution in [0.3, 0.4) is 0 Å². The van der Waals surface area contributed by atoms with Gasteiger partial charge in [0.2, 0.25) is 0 Å². The SMILES string of the molecule is CN(C)[C@H]1C[C@@]23CC[C@]4(O2)C2CC=C(c5ccc6cn[nH]c6c5)[C@@]2(C)CCC4(Cl)CC3[C@@H](O)[C@@H]1O. The van der Waals surface area contributed by atoms with Crippen molar-refractivity contribution >= 4 is 28.1 Å². The van der Waals surface area contributed by atoms with Crippen LogP contribution in [0, 0.1) is 17.3 Å². The maximum Gasteiger partial charge on any atom is 0.0958 e. The van der Waals surface area contributed by atoms with Crippen LogP contribution in [0.5, 0.6) is 0 Å². The van der Waals surface area contributed by atoms with E-state index in [2.05, 4.69) is 41.4 Å². The van der Waals surface area contributed by atoms with E-state index in [9.17, 15) is 10.2 Å². The largest absolute Gasteiger partial charge is 0.390 e. The van der Waals surface area contributed by atoms with Gasteiger partial charge in [-0.15, -0.1) is 11.6 Å². The molecular formula is C28H36ClN3O3. The number of aromatic nitrogens is 2. The predicted octanol–water partition coefficient (Wildman–Crippen LogP) is 4.11. The molecule has 2 spiro atoms. The number of hydrogen-bond acceptors (Lipinski definition) is 5. The first-order valence-corrected chi connectivity index (χ1v) is 13.6. The number of aliphatic hydroxyl groups is 2. The number of benzene rings is 1. The molecule has 2 saturated carbocycles. The van der Waals surface area contributed by atoms with Gasteiger partial charge in [0.15, 0.2) is 0 Å². The van der Waals surface area contributed by atoms with Crippen LogP contribution < -0.4 is 0 Å². The second kappa shape index (κ2) is 7.11. The summed E-state index contributed by atoms with van der Waals surface area (Å²) in [6, 6.07) is 6.50. The minimum atomic E-state index is -0.811. The fourth-order valence-electron chi connectivity index (χ4n) is 9.11. The molecule has 4 fully saturated rings. The number of likely N-dealkylation sites (N-methyl/N-ethyl adjacent to an activating group) is 1. The van der Waals surface area contributed by atoms with Crippen LogP contribution in [0.4, 0.5) is 0 Å². The maximum absolute atomic E-state index is 11.3. The number of alkyl halides is 1. The number of nitrogens with one attached hydrogen (secondary N) is 1. The topological polar surface area (TPSA) is 81.6 Å². The van der Waals surface area contributed by atoms with E-state index >= 15 is 0 Å². The first-order chi connectivity index (χ1) is 16.6. The first-order valence-electron chi connectivity index (χ1n) is 13.2. The average molecular weight is 498 g/mol. The molecule has 3 N–H and O–H groups in total. The number of halogens is 1. The molecule has 2 bridgehead atoms. The number of ether oxygens (including phenoxy) is 1. The van der Waals surface area contributed by atoms with Gasteiger partial charge in [-0.1, -0.05) is 25.1 Å². The summed E-state index contributed by atoms with van der Waals surface area (Å²) in [4.78, 5) is 1.53. The van der Waals surface area contributed by atoms with Gasteiger partial charge in [0, 0.05) is 23.3 Å². The lowest BCUT2D eigenvalue weighted by atomic mass is 9.52. The van der Waals surface area contributed by atoms with Gasteiger partial charge in [0.05, 0.1) is 40.0 Å². The molecule has 5 aliphatic rings. The van der Waals surface area contributed by atoms with Gasteiger partial charge in [0.25, 0.3) is 0 Å². The van der Waals surface area contributed by atoms with Crippen molar-refractivity contribution in [2.75, 3.05) is 14.1 Å². The summed E-state index contributed by atoms with van der Waals surface area (Å²) >= 11 is 7.61. The van der Waals surface area contributed by atoms with Crippen LogP contribution >= 0.6 is 11.6 Å². The minimum Gasteiger partial charge on any atom is -0.390 e. The Hall–Kier alpha value is -1.44. The van der Waals surface area contributed by atoms with Crippen molar-refractivity contribution in [1.82, 2.24) is 15.1 Å². The highest BCUT2D eigenvalue weighted by atomic mass is 35.5. The lowest BCUT2D eigenvalue weighted by Gasteiger charge is -2.65. The van der Waals surface area contributed by atoms with Crippen molar-refractivity contribution in [3.8, 4) is 0 Å². The summed E-state index contributed by atoms with van der Waals surface area (Å²) in [6.07, 6.45) is 8.83. The lowest BCUT2D eigenvalue weighted by molar-refractivity contribution is -0.276. The molecule has 0 radical (unpaired) electrons. The van der Waals surface area contributed by atoms with E-state index in [1.54, 1.807) is 0 Å². The van der Waals surface area contributed by atoms with E-state index < -0.39 is 28.3 Å². The highest BCUT2D eigenvalue weighted by Crippen LogP contribution is 2.73. The third-order valence-electron chi connectivity index (χ3n) is 11.0. The molecule has 3 unspecified atom stereocenters. The quantitative estimate of drug-likeness (QED) is 0.544. The van der Waals surface area contributed by atoms with Crippen LogP contribution in [-0.4, -0.2) is 73.7 Å². The van der Waals surface area contributed by atoms with E-state index in [0.717, 1.165) is 55.8 Å². The van der Waals surface area contributed by atoms with Crippen molar-refractivity contribution in [3.05, 3.63) is 36.0 Å². The number of H-pyrrole nitrogens is 1. The molecule has 3 heterocycles. The van der Waals surface area contributed by atoms with Crippen molar-refractivity contribution in [2.45, 2.75) is 86.2 Å². The third-order valence-corrected chi connectivity index (χ3v) is 11.6. The smallest absolute Gasteiger partial charge is 0.0958 e. The molecule has 9 atom stereocenters. The van der Waals surface area contributed by atoms with E-state index in [0.29, 0.717) is 5.92 Å². The molecule has 7 rings (SSSR count). The Morgan fingerprint density at radius 1 is 1.11 bits per heavy atom. The molecule has 35 heavy (non-hydrogen) atoms. The van der Waals surface area contributed by atoms with Gasteiger partial charge in [-0.05, 0) is 81.7 Å². The summed E-state index contributed by atoms with van der Waals surface area (Å²) in [7, 11) is 3.97. The summed E-state index contributed by atoms with van der Waals surface area (Å²) in [5.74, 6) is 0.179. The summed E-state index contributed by atoms with van der Waals surface area (Å²) in [6.45, 7) is 2.42. The van der Waals surface area contributed by atoms with Crippen LogP contribution in [-0.2, 0) is 4.74 Å². The normalized spacial score (nSPS) is 48.5. The zero-order valence-electron chi connectivity index (χ0n) is 20.8. The number of aromatic amines is 1. The molecule has 6 nitrogen and oxygen atoms in total. The second-order valence-corrected chi connectivity index (χ2v) is 13.3. The van der Waals surface area contributed by atoms with E-state index in [1.165, 1.54) is 11.1 Å². The van der Waals surface area contributed by atoms with Gasteiger partial charge in [0.1, 0.15) is 0 Å². The lowest BCUT2D eigenvalue weighted by Crippen LogP contribution is -2.72. The molecule has 2 aromatic rings. The molecule has 1 aromatic heterocycles. The molecule has 3 aliphatic carbocycles. The van der Waals surface area contributed by atoms with Gasteiger partial charge < -0.3 is 19.8 Å². The number of rotatable bonds is 2. The van der Waals surface area contributed by atoms with Gasteiger partial charge in [-0.25, -0.2) is 0 Å². The highest BCUT2D eigenvalue weighted by molar-refractivity contribution is 6.25. The molecule has 2 aliphatic heterocycles. The Labute approximate surface area is 211 Å². The number of nitrogens with zero attached hydrogens (tertiary/aromatic N) is 2. The van der Waals surface area contributed by atoms with Gasteiger partial charge >= 0.3 is 0 Å². The highest BCUT2D eigenvalue weighted by Gasteiger charge is 2.76. The standard InChI is InChI=1S/C28H36ClN3O3/c1-25-8-10-27(29)13-19-23(33)24(34)21(32(2)3)14-26(19)9-11-28(27,35-26)22(25)7-6-18(25)16-4-5-17-15-30-31-20(17)12-16/h4-6,12,15,19,21-24,33-34H,7-11,13-14H2,1-3H3,(H,30,31)/t19?,21-,22?,23+,24+,25+,26+,27?,28-/m0/s1. The summed E-state index contributed by atoms with van der Waals surface area (Å²) < 4.78 is 7.32. The Kier molecular flexibility index (Phi) is 4.62. The number of aliphatic hydroxyl groups excluding tert-OH is 2. The van der Waals surface area contributed by atoms with Crippen molar-refractivity contribution < 1.29 is 14.9 Å². The van der Waals surface area contributed by atoms with Gasteiger partial charge in [-0.2, -0.15) is 5.10 Å². The zero-order chi connectivity index (χ0) is 24.4. The molecule has 7 heteroatoms. The maximum atomic E-state index is 11.3. The first kappa shape index (κ1) is 22.7. The van der Waals surface area contributed by atoms with Crippen molar-refractivity contribution in [1.29, 1.82) is 0 Å². The summed E-state index contributed by atoms with van der Waals surface area (Å²) in [5.41, 5.74) is 2.89. The van der Waals surface area contributed by atoms with Crippen molar-refractivity contribution in [2.24, 2.45) is 17.3 Å². The summed E-state index contributed by atoms with van der Waals surface area (Å²) in [5, 5.41) is 30.7. The number of hydrogen-bond donors (Lipinski definition) is 3. The fraction of sp³-hybridized carbons (Fsp3) is 0.679. The molecular weight excluding hydrogens is 462 g/mol. The number of allylic oxidation sites excluding steroid dienone is 2. The van der Waals surface area contributed by atoms with Crippen LogP contribution in [0.15, 0.2) is 30.5 Å². The zero-order valence-corrected chi connectivity index (χ0v) is 21.6. The molecule has 188 valence electrons. The molecule has 2 saturated heterocycles. The Balaban J connectivity index is 1.28. The van der Waals surface area contributed by atoms with Crippen LogP contribution in [0.25, 0.3) is 16.5 Å². The van der Waals surface area contributed by atoms with E-state index in [1.807, 2.05) is 25.2 Å². The Morgan fingerprint density at radius 2 is 1.94 bits per heavy atom. The monoisotopic (exact) mass is 497 g/mol. The van der Waals surface area contributed by atoms with E-state index in [-0.39, 0.29) is 17.4 Å².